The van der Waals surface area contributed by atoms with E-state index in [9.17, 15) is 23.2 Å². The van der Waals surface area contributed by atoms with E-state index in [-0.39, 0.29) is 30.5 Å². The van der Waals surface area contributed by atoms with Gasteiger partial charge < -0.3 is 15.0 Å². The molecule has 6 nitrogen and oxygen atoms in total. The lowest BCUT2D eigenvalue weighted by Gasteiger charge is -2.37. The summed E-state index contributed by atoms with van der Waals surface area (Å²) in [6.07, 6.45) is 2.15. The van der Waals surface area contributed by atoms with Gasteiger partial charge in [-0.05, 0) is 61.4 Å². The number of nitrogens with one attached hydrogen (secondary N) is 1. The predicted molar refractivity (Wildman–Crippen MR) is 128 cm³/mol. The molecule has 6 rings (SSSR count). The number of alkyl halides is 3. The lowest BCUT2D eigenvalue weighted by atomic mass is 9.78. The Hall–Kier alpha value is -3.12. The monoisotopic (exact) mass is 510 g/mol. The van der Waals surface area contributed by atoms with E-state index in [0.717, 1.165) is 62.1 Å². The van der Waals surface area contributed by atoms with E-state index in [1.807, 2.05) is 12.1 Å². The maximum atomic E-state index is 14.0. The summed E-state index contributed by atoms with van der Waals surface area (Å²) in [5.41, 5.74) is 1.51. The van der Waals surface area contributed by atoms with Gasteiger partial charge >= 0.3 is 6.18 Å². The molecule has 4 atom stereocenters. The normalized spacial score (nSPS) is 28.6. The second-order valence-corrected chi connectivity index (χ2v) is 10.9. The van der Waals surface area contributed by atoms with Gasteiger partial charge in [0, 0.05) is 55.5 Å². The molecular formula is C28H29F3N4O2. The largest absolute Gasteiger partial charge is 0.493 e. The molecule has 37 heavy (non-hydrogen) atoms. The molecule has 1 N–H and O–H groups in total. The minimum Gasteiger partial charge on any atom is -0.493 e. The van der Waals surface area contributed by atoms with Gasteiger partial charge in [-0.2, -0.15) is 18.4 Å². The average Bonchev–Trinajstić information content (AvgIpc) is 3.45. The molecule has 1 amide bonds. The first kappa shape index (κ1) is 24.2. The fourth-order valence-corrected chi connectivity index (χ4v) is 7.11. The molecular weight excluding hydrogens is 481 g/mol. The second-order valence-electron chi connectivity index (χ2n) is 10.9. The minimum absolute atomic E-state index is 0.0572. The van der Waals surface area contributed by atoms with E-state index in [4.69, 9.17) is 4.74 Å². The Morgan fingerprint density at radius 2 is 2.14 bits per heavy atom. The Bertz CT molecular complexity index is 1270. The van der Waals surface area contributed by atoms with Crippen LogP contribution in [0.15, 0.2) is 30.5 Å². The molecule has 3 heterocycles. The van der Waals surface area contributed by atoms with Gasteiger partial charge in [0.25, 0.3) is 0 Å². The Balaban J connectivity index is 1.20. The molecule has 2 fully saturated rings. The highest BCUT2D eigenvalue weighted by atomic mass is 19.4. The molecule has 4 aliphatic rings. The van der Waals surface area contributed by atoms with Crippen molar-refractivity contribution in [2.75, 3.05) is 13.2 Å². The molecule has 0 spiro atoms. The number of carbonyl (C=O) groups is 1. The highest BCUT2D eigenvalue weighted by Gasteiger charge is 2.56. The zero-order chi connectivity index (χ0) is 25.8. The van der Waals surface area contributed by atoms with Crippen molar-refractivity contribution < 1.29 is 22.7 Å². The number of aromatic nitrogens is 1. The lowest BCUT2D eigenvalue weighted by Crippen LogP contribution is -2.47. The van der Waals surface area contributed by atoms with Crippen molar-refractivity contribution in [1.82, 2.24) is 15.2 Å². The van der Waals surface area contributed by atoms with E-state index in [0.29, 0.717) is 36.4 Å². The van der Waals surface area contributed by atoms with E-state index < -0.39 is 17.2 Å². The van der Waals surface area contributed by atoms with Gasteiger partial charge in [-0.25, -0.2) is 0 Å². The van der Waals surface area contributed by atoms with Crippen LogP contribution >= 0.6 is 0 Å². The summed E-state index contributed by atoms with van der Waals surface area (Å²) in [4.78, 5) is 19.8. The molecule has 2 aliphatic heterocycles. The summed E-state index contributed by atoms with van der Waals surface area (Å²) in [5.74, 6) is 1.15. The molecule has 0 saturated heterocycles. The molecule has 2 aliphatic carbocycles. The van der Waals surface area contributed by atoms with E-state index in [2.05, 4.69) is 16.4 Å². The first-order valence-corrected chi connectivity index (χ1v) is 13.0. The third kappa shape index (κ3) is 4.25. The van der Waals surface area contributed by atoms with Gasteiger partial charge in [-0.3, -0.25) is 9.78 Å². The van der Waals surface area contributed by atoms with Gasteiger partial charge in [0.05, 0.1) is 29.2 Å². The van der Waals surface area contributed by atoms with Crippen molar-refractivity contribution in [2.45, 2.75) is 69.8 Å². The number of hydrogen-bond acceptors (Lipinski definition) is 5. The van der Waals surface area contributed by atoms with Crippen molar-refractivity contribution in [3.63, 3.8) is 0 Å². The number of pyridine rings is 1. The Labute approximate surface area is 213 Å². The van der Waals surface area contributed by atoms with Crippen LogP contribution in [0.4, 0.5) is 13.2 Å². The summed E-state index contributed by atoms with van der Waals surface area (Å²) >= 11 is 0. The highest BCUT2D eigenvalue weighted by molar-refractivity contribution is 5.84. The lowest BCUT2D eigenvalue weighted by molar-refractivity contribution is -0.144. The Morgan fingerprint density at radius 3 is 2.95 bits per heavy atom. The number of rotatable bonds is 3. The summed E-state index contributed by atoms with van der Waals surface area (Å²) < 4.78 is 45.6. The van der Waals surface area contributed by atoms with Crippen LogP contribution in [-0.2, 0) is 23.9 Å². The van der Waals surface area contributed by atoms with Crippen LogP contribution in [0, 0.1) is 22.7 Å². The number of nitrogens with zero attached hydrogens (tertiary/aromatic N) is 3. The zero-order valence-electron chi connectivity index (χ0n) is 20.5. The number of halogens is 3. The standard InChI is InChI=1S/C28H29F3N4O2/c29-28(30,31)20-11-18-16-35(8-5-23(18)33-15-20)26(36)27-7-1-2-19(27)12-21(13-27)34-24-6-9-37-25-4-3-17(14-32)10-22(24)25/h3-4,10-11,15,19,21,24,34H,1-2,5-9,12-13,16H2/t19-,21-,24-,27-/m1/s1. The maximum Gasteiger partial charge on any atom is 0.417 e. The van der Waals surface area contributed by atoms with Crippen LogP contribution in [0.1, 0.15) is 72.5 Å². The fourth-order valence-electron chi connectivity index (χ4n) is 7.11. The second kappa shape index (κ2) is 9.02. The predicted octanol–water partition coefficient (Wildman–Crippen LogP) is 4.92. The topological polar surface area (TPSA) is 78.3 Å². The summed E-state index contributed by atoms with van der Waals surface area (Å²) in [5, 5.41) is 13.1. The fraction of sp³-hybridized carbons (Fsp3) is 0.536. The molecule has 0 unspecified atom stereocenters. The number of hydrogen-bond donors (Lipinski definition) is 1. The average molecular weight is 511 g/mol. The number of fused-ring (bicyclic) bond motifs is 3. The van der Waals surface area contributed by atoms with Crippen LogP contribution in [-0.4, -0.2) is 35.0 Å². The quantitative estimate of drug-likeness (QED) is 0.634. The molecule has 0 radical (unpaired) electrons. The number of ether oxygens (including phenoxy) is 1. The van der Waals surface area contributed by atoms with E-state index in [1.54, 1.807) is 11.0 Å². The number of carbonyl (C=O) groups excluding carboxylic acids is 1. The number of benzene rings is 1. The first-order valence-electron chi connectivity index (χ1n) is 13.0. The number of amides is 1. The van der Waals surface area contributed by atoms with Gasteiger partial charge in [-0.15, -0.1) is 0 Å². The van der Waals surface area contributed by atoms with Crippen molar-refractivity contribution >= 4 is 5.91 Å². The van der Waals surface area contributed by atoms with Crippen LogP contribution in [0.25, 0.3) is 0 Å². The van der Waals surface area contributed by atoms with Gasteiger partial charge in [-0.1, -0.05) is 6.42 Å². The summed E-state index contributed by atoms with van der Waals surface area (Å²) in [6, 6.07) is 9.07. The molecule has 194 valence electrons. The van der Waals surface area contributed by atoms with Crippen molar-refractivity contribution in [3.05, 3.63) is 58.4 Å². The summed E-state index contributed by atoms with van der Waals surface area (Å²) in [7, 11) is 0. The van der Waals surface area contributed by atoms with Crippen molar-refractivity contribution in [2.24, 2.45) is 11.3 Å². The molecule has 2 saturated carbocycles. The third-order valence-electron chi connectivity index (χ3n) is 8.83. The molecule has 0 bridgehead atoms. The Morgan fingerprint density at radius 1 is 1.27 bits per heavy atom. The van der Waals surface area contributed by atoms with Crippen molar-refractivity contribution in [3.8, 4) is 11.8 Å². The van der Waals surface area contributed by atoms with Gasteiger partial charge in [0.1, 0.15) is 5.75 Å². The van der Waals surface area contributed by atoms with E-state index in [1.165, 1.54) is 0 Å². The highest BCUT2D eigenvalue weighted by Crippen LogP contribution is 2.56. The van der Waals surface area contributed by atoms with Crippen LogP contribution in [0.2, 0.25) is 0 Å². The number of nitriles is 1. The SMILES string of the molecule is N#Cc1ccc2c(c1)[C@H](N[C@@H]1C[C@H]3CCC[C@@]3(C(=O)N3CCc4ncc(C(F)(F)F)cc4C3)C1)CCO2. The summed E-state index contributed by atoms with van der Waals surface area (Å²) in [6.45, 7) is 1.26. The van der Waals surface area contributed by atoms with Gasteiger partial charge in [0.2, 0.25) is 5.91 Å². The first-order chi connectivity index (χ1) is 17.8. The van der Waals surface area contributed by atoms with Gasteiger partial charge in [0.15, 0.2) is 0 Å². The molecule has 9 heteroatoms. The molecule has 1 aromatic carbocycles. The maximum absolute atomic E-state index is 14.0. The van der Waals surface area contributed by atoms with Crippen molar-refractivity contribution in [1.29, 1.82) is 5.26 Å². The molecule has 1 aromatic heterocycles. The van der Waals surface area contributed by atoms with Crippen LogP contribution in [0.5, 0.6) is 5.75 Å². The van der Waals surface area contributed by atoms with Crippen LogP contribution in [0.3, 0.4) is 0 Å². The zero-order valence-corrected chi connectivity index (χ0v) is 20.5. The van der Waals surface area contributed by atoms with E-state index >= 15 is 0 Å². The minimum atomic E-state index is -4.45. The Kier molecular flexibility index (Phi) is 5.90. The smallest absolute Gasteiger partial charge is 0.417 e. The van der Waals surface area contributed by atoms with Crippen LogP contribution < -0.4 is 10.1 Å². The third-order valence-corrected chi connectivity index (χ3v) is 8.83. The molecule has 2 aromatic rings.